The van der Waals surface area contributed by atoms with Gasteiger partial charge in [-0.2, -0.15) is 0 Å². The molecule has 86 valence electrons. The molecule has 0 aliphatic rings. The van der Waals surface area contributed by atoms with E-state index in [0.29, 0.717) is 6.61 Å². The summed E-state index contributed by atoms with van der Waals surface area (Å²) in [6.07, 6.45) is 8.03. The lowest BCUT2D eigenvalue weighted by atomic mass is 10.1. The average Bonchev–Trinajstić information content (AvgIpc) is 2.20. The van der Waals surface area contributed by atoms with Crippen LogP contribution in [0.15, 0.2) is 0 Å². The molecule has 0 rings (SSSR count). The molecule has 0 aromatic heterocycles. The highest BCUT2D eigenvalue weighted by Gasteiger charge is 1.93. The van der Waals surface area contributed by atoms with Crippen LogP contribution < -0.4 is 0 Å². The normalized spacial score (nSPS) is 9.20. The molecule has 0 heterocycles. The lowest BCUT2D eigenvalue weighted by Gasteiger charge is -2.01. The van der Waals surface area contributed by atoms with Gasteiger partial charge in [0, 0.05) is 29.3 Å². The van der Waals surface area contributed by atoms with E-state index in [9.17, 15) is 4.79 Å². The third-order valence-electron chi connectivity index (χ3n) is 2.07. The van der Waals surface area contributed by atoms with Crippen LogP contribution in [0.25, 0.3) is 0 Å². The van der Waals surface area contributed by atoms with E-state index in [2.05, 4.69) is 26.7 Å². The maximum Gasteiger partial charge on any atom is 0.302 e. The monoisotopic (exact) mass is 274 g/mol. The number of rotatable bonds is 8. The number of hydrogen-bond donors (Lipinski definition) is 0. The summed E-state index contributed by atoms with van der Waals surface area (Å²) < 4.78 is 4.84. The second-order valence-corrected chi connectivity index (χ2v) is 3.88. The molecular formula is C12H19BrO2. The first-order chi connectivity index (χ1) is 7.27. The summed E-state index contributed by atoms with van der Waals surface area (Å²) in [5.41, 5.74) is 0. The minimum Gasteiger partial charge on any atom is -0.466 e. The molecule has 0 aliphatic carbocycles. The number of carbonyl (C=O) groups excluding carboxylic acids is 1. The maximum atomic E-state index is 10.4. The van der Waals surface area contributed by atoms with Crippen LogP contribution in [0.1, 0.15) is 51.9 Å². The molecule has 0 N–H and O–H groups in total. The SMILES string of the molecule is CC(=O)OCCCCCCCCC#CBr. The van der Waals surface area contributed by atoms with Gasteiger partial charge in [0.2, 0.25) is 0 Å². The van der Waals surface area contributed by atoms with Crippen molar-refractivity contribution in [1.29, 1.82) is 0 Å². The number of ether oxygens (including phenoxy) is 1. The smallest absolute Gasteiger partial charge is 0.302 e. The Labute approximate surface area is 101 Å². The van der Waals surface area contributed by atoms with Crippen molar-refractivity contribution in [3.05, 3.63) is 0 Å². The Morgan fingerprint density at radius 2 is 1.73 bits per heavy atom. The summed E-state index contributed by atoms with van der Waals surface area (Å²) in [5, 5.41) is 0. The van der Waals surface area contributed by atoms with E-state index >= 15 is 0 Å². The van der Waals surface area contributed by atoms with Gasteiger partial charge in [0.05, 0.1) is 6.61 Å². The molecule has 0 radical (unpaired) electrons. The summed E-state index contributed by atoms with van der Waals surface area (Å²) in [5.74, 6) is 2.80. The molecule has 0 saturated carbocycles. The maximum absolute atomic E-state index is 10.4. The van der Waals surface area contributed by atoms with Gasteiger partial charge in [0.25, 0.3) is 0 Å². The highest BCUT2D eigenvalue weighted by molar-refractivity contribution is 9.12. The largest absolute Gasteiger partial charge is 0.466 e. The van der Waals surface area contributed by atoms with Gasteiger partial charge in [-0.05, 0) is 17.7 Å². The fourth-order valence-corrected chi connectivity index (χ4v) is 1.48. The number of carbonyl (C=O) groups is 1. The molecule has 0 bridgehead atoms. The fourth-order valence-electron chi connectivity index (χ4n) is 1.29. The van der Waals surface area contributed by atoms with Crippen molar-refractivity contribution in [2.45, 2.75) is 51.9 Å². The molecule has 0 amide bonds. The molecule has 0 saturated heterocycles. The van der Waals surface area contributed by atoms with Gasteiger partial charge in [-0.25, -0.2) is 0 Å². The van der Waals surface area contributed by atoms with E-state index in [-0.39, 0.29) is 5.97 Å². The molecule has 15 heavy (non-hydrogen) atoms. The third kappa shape index (κ3) is 13.5. The Morgan fingerprint density at radius 3 is 2.33 bits per heavy atom. The van der Waals surface area contributed by atoms with Gasteiger partial charge in [-0.1, -0.05) is 31.6 Å². The van der Waals surface area contributed by atoms with Crippen molar-refractivity contribution in [3.63, 3.8) is 0 Å². The Balaban J connectivity index is 2.97. The molecule has 2 nitrogen and oxygen atoms in total. The molecule has 3 heteroatoms. The highest BCUT2D eigenvalue weighted by Crippen LogP contribution is 2.06. The number of halogens is 1. The first-order valence-electron chi connectivity index (χ1n) is 5.49. The first-order valence-corrected chi connectivity index (χ1v) is 6.28. The van der Waals surface area contributed by atoms with Crippen LogP contribution in [0.3, 0.4) is 0 Å². The minimum absolute atomic E-state index is 0.177. The zero-order chi connectivity index (χ0) is 11.4. The average molecular weight is 275 g/mol. The van der Waals surface area contributed by atoms with Crippen LogP contribution >= 0.6 is 15.9 Å². The summed E-state index contributed by atoms with van der Waals surface area (Å²) >= 11 is 3.07. The Bertz CT molecular complexity index is 215. The molecule has 0 aromatic carbocycles. The van der Waals surface area contributed by atoms with Crippen molar-refractivity contribution in [3.8, 4) is 10.8 Å². The summed E-state index contributed by atoms with van der Waals surface area (Å²) in [6.45, 7) is 2.02. The van der Waals surface area contributed by atoms with Crippen LogP contribution in [0.5, 0.6) is 0 Å². The van der Waals surface area contributed by atoms with Crippen LogP contribution in [-0.4, -0.2) is 12.6 Å². The lowest BCUT2D eigenvalue weighted by molar-refractivity contribution is -0.141. The summed E-state index contributed by atoms with van der Waals surface area (Å²) in [7, 11) is 0. The molecule has 0 fully saturated rings. The Morgan fingerprint density at radius 1 is 1.13 bits per heavy atom. The highest BCUT2D eigenvalue weighted by atomic mass is 79.9. The molecule has 0 aliphatic heterocycles. The third-order valence-corrected chi connectivity index (χ3v) is 2.35. The van der Waals surface area contributed by atoms with Crippen molar-refractivity contribution < 1.29 is 9.53 Å². The lowest BCUT2D eigenvalue weighted by Crippen LogP contribution is -1.99. The quantitative estimate of drug-likeness (QED) is 0.384. The first kappa shape index (κ1) is 14.5. The molecular weight excluding hydrogens is 256 g/mol. The van der Waals surface area contributed by atoms with E-state index in [0.717, 1.165) is 19.3 Å². The van der Waals surface area contributed by atoms with Gasteiger partial charge in [0.1, 0.15) is 0 Å². The van der Waals surface area contributed by atoms with E-state index in [1.165, 1.54) is 32.6 Å². The van der Waals surface area contributed by atoms with Gasteiger partial charge >= 0.3 is 5.97 Å². The van der Waals surface area contributed by atoms with E-state index in [4.69, 9.17) is 4.74 Å². The molecule has 0 aromatic rings. The van der Waals surface area contributed by atoms with Gasteiger partial charge in [-0.3, -0.25) is 4.79 Å². The number of esters is 1. The zero-order valence-electron chi connectivity index (χ0n) is 9.35. The van der Waals surface area contributed by atoms with Crippen molar-refractivity contribution >= 4 is 21.9 Å². The second-order valence-electron chi connectivity index (χ2n) is 3.48. The zero-order valence-corrected chi connectivity index (χ0v) is 10.9. The van der Waals surface area contributed by atoms with Crippen molar-refractivity contribution in [1.82, 2.24) is 0 Å². The van der Waals surface area contributed by atoms with E-state index in [1.54, 1.807) is 0 Å². The fraction of sp³-hybridized carbons (Fsp3) is 0.750. The van der Waals surface area contributed by atoms with Gasteiger partial charge < -0.3 is 4.74 Å². The topological polar surface area (TPSA) is 26.3 Å². The van der Waals surface area contributed by atoms with E-state index in [1.807, 2.05) is 0 Å². The predicted molar refractivity (Wildman–Crippen MR) is 65.7 cm³/mol. The molecule has 0 spiro atoms. The molecule has 0 unspecified atom stereocenters. The standard InChI is InChI=1S/C12H19BrO2/c1-12(14)15-11-9-7-5-3-2-4-6-8-10-13/h2-7,9,11H2,1H3. The second kappa shape index (κ2) is 11.6. The van der Waals surface area contributed by atoms with Gasteiger partial charge in [0.15, 0.2) is 0 Å². The van der Waals surface area contributed by atoms with E-state index < -0.39 is 0 Å². The van der Waals surface area contributed by atoms with Crippen molar-refractivity contribution in [2.24, 2.45) is 0 Å². The number of unbranched alkanes of at least 4 members (excludes halogenated alkanes) is 6. The van der Waals surface area contributed by atoms with Crippen LogP contribution in [0, 0.1) is 10.8 Å². The minimum atomic E-state index is -0.177. The van der Waals surface area contributed by atoms with Crippen molar-refractivity contribution in [2.75, 3.05) is 6.61 Å². The Kier molecular flexibility index (Phi) is 11.2. The predicted octanol–water partition coefficient (Wildman–Crippen LogP) is 3.64. The summed E-state index contributed by atoms with van der Waals surface area (Å²) in [6, 6.07) is 0. The van der Waals surface area contributed by atoms with Crippen LogP contribution in [-0.2, 0) is 9.53 Å². The molecule has 0 atom stereocenters. The van der Waals surface area contributed by atoms with Crippen LogP contribution in [0.4, 0.5) is 0 Å². The van der Waals surface area contributed by atoms with Gasteiger partial charge in [-0.15, -0.1) is 0 Å². The van der Waals surface area contributed by atoms with Crippen LogP contribution in [0.2, 0.25) is 0 Å². The Hall–Kier alpha value is -0.490. The number of hydrogen-bond acceptors (Lipinski definition) is 2. The summed E-state index contributed by atoms with van der Waals surface area (Å²) in [4.78, 5) is 13.2.